The highest BCUT2D eigenvalue weighted by molar-refractivity contribution is 8.13. The number of aliphatic imine (C=N–C) groups is 1. The zero-order valence-electron chi connectivity index (χ0n) is 19.8. The van der Waals surface area contributed by atoms with E-state index in [0.717, 1.165) is 53.7 Å². The van der Waals surface area contributed by atoms with Gasteiger partial charge in [-0.25, -0.2) is 9.98 Å². The van der Waals surface area contributed by atoms with Crippen LogP contribution in [0.5, 0.6) is 0 Å². The molecule has 2 aromatic carbocycles. The zero-order chi connectivity index (χ0) is 23.5. The van der Waals surface area contributed by atoms with E-state index in [0.29, 0.717) is 5.92 Å². The second-order valence-electron chi connectivity index (χ2n) is 8.85. The van der Waals surface area contributed by atoms with Crippen LogP contribution >= 0.6 is 23.1 Å². The second-order valence-corrected chi connectivity index (χ2v) is 10.5. The Kier molecular flexibility index (Phi) is 7.04. The van der Waals surface area contributed by atoms with E-state index in [4.69, 9.17) is 14.8 Å². The fourth-order valence-electron chi connectivity index (χ4n) is 4.40. The highest BCUT2D eigenvalue weighted by Gasteiger charge is 2.26. The number of benzene rings is 2. The Morgan fingerprint density at radius 2 is 1.94 bits per heavy atom. The van der Waals surface area contributed by atoms with Crippen molar-refractivity contribution in [1.29, 1.82) is 0 Å². The number of rotatable bonds is 4. The van der Waals surface area contributed by atoms with Gasteiger partial charge in [0.15, 0.2) is 5.17 Å². The maximum absolute atomic E-state index is 5.78. The number of hydrogen-bond acceptors (Lipinski definition) is 6. The van der Waals surface area contributed by atoms with E-state index in [1.807, 2.05) is 18.2 Å². The summed E-state index contributed by atoms with van der Waals surface area (Å²) in [6, 6.07) is 16.7. The molecular weight excluding hydrogens is 460 g/mol. The third kappa shape index (κ3) is 5.06. The predicted molar refractivity (Wildman–Crippen MR) is 144 cm³/mol. The summed E-state index contributed by atoms with van der Waals surface area (Å²) < 4.78 is 0. The summed E-state index contributed by atoms with van der Waals surface area (Å²) in [7, 11) is 0. The molecule has 1 aromatic heterocycles. The van der Waals surface area contributed by atoms with E-state index in [-0.39, 0.29) is 6.10 Å². The molecule has 7 heteroatoms. The first-order valence-corrected chi connectivity index (χ1v) is 13.8. The van der Waals surface area contributed by atoms with Gasteiger partial charge >= 0.3 is 0 Å². The molecule has 0 spiro atoms. The number of aromatic nitrogens is 1. The molecule has 3 aromatic rings. The molecule has 1 unspecified atom stereocenters. The van der Waals surface area contributed by atoms with Crippen LogP contribution < -0.4 is 5.48 Å². The number of nitrogens with one attached hydrogen (secondary N) is 1. The number of piperidine rings is 1. The Morgan fingerprint density at radius 3 is 2.71 bits per heavy atom. The number of hydrogen-bond donors (Lipinski definition) is 1. The normalized spacial score (nSPS) is 19.3. The Labute approximate surface area is 209 Å². The smallest absolute Gasteiger partial charge is 0.164 e. The standard InChI is InChI=1S/C27H30N4OS2/c1-18-9-10-19(2)22(15-18)29-27(33-3)31-13-11-21(12-14-31)26-28-24(17-34-26)23-16-25(32-30-23)20-7-5-4-6-8-20/h4-10,15-17,21,25,30H,11-14H2,1-3H3. The summed E-state index contributed by atoms with van der Waals surface area (Å²) in [6.07, 6.45) is 6.34. The van der Waals surface area contributed by atoms with Crippen molar-refractivity contribution in [3.8, 4) is 0 Å². The van der Waals surface area contributed by atoms with Crippen LogP contribution in [0.3, 0.4) is 0 Å². The molecule has 1 atom stereocenters. The fraction of sp³-hybridized carbons (Fsp3) is 0.333. The maximum Gasteiger partial charge on any atom is 0.164 e. The number of nitrogens with zero attached hydrogens (tertiary/aromatic N) is 3. The maximum atomic E-state index is 5.78. The lowest BCUT2D eigenvalue weighted by Gasteiger charge is -2.32. The first-order chi connectivity index (χ1) is 16.6. The monoisotopic (exact) mass is 490 g/mol. The van der Waals surface area contributed by atoms with Gasteiger partial charge in [-0.05, 0) is 61.8 Å². The summed E-state index contributed by atoms with van der Waals surface area (Å²) in [6.45, 7) is 6.26. The van der Waals surface area contributed by atoms with Gasteiger partial charge in [-0.2, -0.15) is 0 Å². The van der Waals surface area contributed by atoms with Gasteiger partial charge in [0, 0.05) is 24.4 Å². The summed E-state index contributed by atoms with van der Waals surface area (Å²) >= 11 is 3.50. The minimum Gasteiger partial charge on any atom is -0.351 e. The average Bonchev–Trinajstić information content (AvgIpc) is 3.55. The van der Waals surface area contributed by atoms with Gasteiger partial charge < -0.3 is 4.90 Å². The highest BCUT2D eigenvalue weighted by Crippen LogP contribution is 2.35. The van der Waals surface area contributed by atoms with E-state index in [2.05, 4.69) is 72.3 Å². The molecule has 0 saturated carbocycles. The molecule has 0 bridgehead atoms. The van der Waals surface area contributed by atoms with Gasteiger partial charge in [0.2, 0.25) is 0 Å². The van der Waals surface area contributed by atoms with Gasteiger partial charge in [-0.3, -0.25) is 10.3 Å². The third-order valence-corrected chi connectivity index (χ3v) is 8.14. The molecule has 34 heavy (non-hydrogen) atoms. The quantitative estimate of drug-likeness (QED) is 0.329. The van der Waals surface area contributed by atoms with Gasteiger partial charge in [-0.1, -0.05) is 54.2 Å². The molecule has 176 valence electrons. The van der Waals surface area contributed by atoms with Crippen molar-refractivity contribution in [3.05, 3.63) is 87.4 Å². The molecule has 2 aliphatic heterocycles. The van der Waals surface area contributed by atoms with Crippen molar-refractivity contribution in [2.75, 3.05) is 19.3 Å². The van der Waals surface area contributed by atoms with Crippen molar-refractivity contribution in [2.24, 2.45) is 4.99 Å². The topological polar surface area (TPSA) is 49.8 Å². The molecule has 2 aliphatic rings. The molecule has 0 radical (unpaired) electrons. The molecule has 1 N–H and O–H groups in total. The number of thiazole rings is 1. The number of aryl methyl sites for hydroxylation is 2. The minimum atomic E-state index is -0.0779. The lowest BCUT2D eigenvalue weighted by Crippen LogP contribution is -2.36. The summed E-state index contributed by atoms with van der Waals surface area (Å²) in [4.78, 5) is 18.2. The highest BCUT2D eigenvalue weighted by atomic mass is 32.2. The van der Waals surface area contributed by atoms with E-state index in [1.54, 1.807) is 23.1 Å². The van der Waals surface area contributed by atoms with Crippen molar-refractivity contribution in [3.63, 3.8) is 0 Å². The molecular formula is C27H30N4OS2. The first-order valence-electron chi connectivity index (χ1n) is 11.7. The van der Waals surface area contributed by atoms with E-state index in [9.17, 15) is 0 Å². The van der Waals surface area contributed by atoms with E-state index in [1.165, 1.54) is 16.1 Å². The Bertz CT molecular complexity index is 1200. The second kappa shape index (κ2) is 10.3. The fourth-order valence-corrected chi connectivity index (χ4v) is 6.02. The lowest BCUT2D eigenvalue weighted by atomic mass is 9.98. The van der Waals surface area contributed by atoms with Gasteiger partial charge in [0.05, 0.1) is 22.1 Å². The molecule has 5 nitrogen and oxygen atoms in total. The van der Waals surface area contributed by atoms with Crippen LogP contribution in [-0.2, 0) is 4.84 Å². The molecule has 1 saturated heterocycles. The van der Waals surface area contributed by atoms with E-state index >= 15 is 0 Å². The van der Waals surface area contributed by atoms with Crippen LogP contribution in [0.2, 0.25) is 0 Å². The van der Waals surface area contributed by atoms with Crippen molar-refractivity contribution < 1.29 is 4.84 Å². The van der Waals surface area contributed by atoms with Gasteiger partial charge in [0.1, 0.15) is 6.10 Å². The largest absolute Gasteiger partial charge is 0.351 e. The van der Waals surface area contributed by atoms with Crippen LogP contribution in [0.25, 0.3) is 5.70 Å². The summed E-state index contributed by atoms with van der Waals surface area (Å²) in [5.41, 5.74) is 9.69. The Hall–Kier alpha value is -2.61. The van der Waals surface area contributed by atoms with Crippen LogP contribution in [0, 0.1) is 13.8 Å². The van der Waals surface area contributed by atoms with Crippen LogP contribution in [0.4, 0.5) is 5.69 Å². The van der Waals surface area contributed by atoms with Crippen LogP contribution in [0.15, 0.2) is 65.0 Å². The molecule has 0 amide bonds. The van der Waals surface area contributed by atoms with Crippen molar-refractivity contribution in [2.45, 2.75) is 38.7 Å². The van der Waals surface area contributed by atoms with Crippen molar-refractivity contribution >= 4 is 39.7 Å². The molecule has 1 fully saturated rings. The lowest BCUT2D eigenvalue weighted by molar-refractivity contribution is 0.0510. The van der Waals surface area contributed by atoms with Gasteiger partial charge in [0.25, 0.3) is 0 Å². The first kappa shape index (κ1) is 23.1. The minimum absolute atomic E-state index is 0.0779. The average molecular weight is 491 g/mol. The van der Waals surface area contributed by atoms with Crippen molar-refractivity contribution in [1.82, 2.24) is 15.4 Å². The molecule has 0 aliphatic carbocycles. The molecule has 5 rings (SSSR count). The van der Waals surface area contributed by atoms with Crippen LogP contribution in [-0.4, -0.2) is 34.4 Å². The Balaban J connectivity index is 1.23. The van der Waals surface area contributed by atoms with Crippen LogP contribution in [0.1, 0.15) is 52.3 Å². The SMILES string of the molecule is CSC(=Nc1cc(C)ccc1C)N1CCC(c2nc(C3=CC(c4ccccc4)ON3)cs2)CC1. The summed E-state index contributed by atoms with van der Waals surface area (Å²) in [5, 5.41) is 4.47. The zero-order valence-corrected chi connectivity index (χ0v) is 21.5. The number of thioether (sulfide) groups is 1. The van der Waals surface area contributed by atoms with E-state index < -0.39 is 0 Å². The summed E-state index contributed by atoms with van der Waals surface area (Å²) in [5.74, 6) is 0.492. The third-order valence-electron chi connectivity index (χ3n) is 6.42. The number of amidine groups is 1. The number of hydroxylamine groups is 1. The van der Waals surface area contributed by atoms with Gasteiger partial charge in [-0.15, -0.1) is 11.3 Å². The Morgan fingerprint density at radius 1 is 1.15 bits per heavy atom. The predicted octanol–water partition coefficient (Wildman–Crippen LogP) is 6.61. The number of likely N-dealkylation sites (tertiary alicyclic amines) is 1. The molecule has 3 heterocycles.